The minimum atomic E-state index is -4.63. The first kappa shape index (κ1) is 48.7. The van der Waals surface area contributed by atoms with Crippen LogP contribution in [0.25, 0.3) is 0 Å². The van der Waals surface area contributed by atoms with Gasteiger partial charge in [-0.25, -0.2) is 0 Å². The van der Waals surface area contributed by atoms with Crippen LogP contribution in [0.4, 0.5) is 0 Å². The van der Waals surface area contributed by atoms with Gasteiger partial charge in [-0.1, -0.05) is 132 Å². The molecule has 0 aromatic carbocycles. The Bertz CT molecular complexity index is 1060. The Hall–Kier alpha value is -2.29. The summed E-state index contributed by atoms with van der Waals surface area (Å²) < 4.78 is 33.7. The number of carbonyl (C=O) groups excluding carboxylic acids is 2. The van der Waals surface area contributed by atoms with Crippen molar-refractivity contribution in [1.82, 2.24) is 0 Å². The topological polar surface area (TPSA) is 111 Å². The Labute approximate surface area is 311 Å². The number of unbranched alkanes of at least 4 members (excludes halogenated alkanes) is 10. The van der Waals surface area contributed by atoms with Gasteiger partial charge in [-0.05, 0) is 51.4 Å². The van der Waals surface area contributed by atoms with E-state index in [-0.39, 0.29) is 26.1 Å². The number of rotatable bonds is 34. The molecule has 0 spiro atoms. The Morgan fingerprint density at radius 3 is 1.65 bits per heavy atom. The van der Waals surface area contributed by atoms with E-state index in [1.54, 1.807) is 0 Å². The molecule has 0 amide bonds. The number of allylic oxidation sites excluding steroid dienone is 10. The van der Waals surface area contributed by atoms with Crippen molar-refractivity contribution in [3.05, 3.63) is 60.8 Å². The highest BCUT2D eigenvalue weighted by Crippen LogP contribution is 2.38. The number of phosphoric acid groups is 1. The standard InChI is InChI=1S/C41H72NO8P/c1-6-8-10-12-14-16-18-19-20-21-22-23-24-26-27-29-31-33-40(43)47-37-39(38-49-51(45,46)48-36-35-42(3,4)5)50-41(44)34-32-30-28-25-17-15-13-11-9-7-2/h8,10,14,16,19-20,22-23,26-27,39H,6-7,9,11-13,15,17-18,21,24-25,28-38H2,1-5H3/b10-8+,16-14+,20-19+,23-22+,27-26+/t39-/m0/s1. The molecule has 0 fully saturated rings. The quantitative estimate of drug-likeness (QED) is 0.0211. The van der Waals surface area contributed by atoms with Crippen molar-refractivity contribution in [3.63, 3.8) is 0 Å². The second-order valence-electron chi connectivity index (χ2n) is 13.9. The van der Waals surface area contributed by atoms with Crippen LogP contribution in [0.2, 0.25) is 0 Å². The molecule has 51 heavy (non-hydrogen) atoms. The number of nitrogens with zero attached hydrogens (tertiary/aromatic N) is 1. The van der Waals surface area contributed by atoms with E-state index >= 15 is 0 Å². The van der Waals surface area contributed by atoms with Gasteiger partial charge in [0.15, 0.2) is 6.10 Å². The maximum Gasteiger partial charge on any atom is 0.306 e. The van der Waals surface area contributed by atoms with E-state index < -0.39 is 32.5 Å². The highest BCUT2D eigenvalue weighted by molar-refractivity contribution is 7.45. The molecule has 0 aliphatic carbocycles. The Morgan fingerprint density at radius 2 is 1.12 bits per heavy atom. The van der Waals surface area contributed by atoms with E-state index in [9.17, 15) is 19.0 Å². The molecule has 0 radical (unpaired) electrons. The predicted octanol–water partition coefficient (Wildman–Crippen LogP) is 9.88. The normalized spacial score (nSPS) is 14.4. The van der Waals surface area contributed by atoms with Crippen LogP contribution in [-0.2, 0) is 32.7 Å². The maximum absolute atomic E-state index is 12.6. The zero-order valence-electron chi connectivity index (χ0n) is 32.8. The van der Waals surface area contributed by atoms with E-state index in [1.165, 1.54) is 38.5 Å². The Kier molecular flexibility index (Phi) is 32.0. The highest BCUT2D eigenvalue weighted by atomic mass is 31.2. The fourth-order valence-corrected chi connectivity index (χ4v) is 5.48. The molecule has 0 aliphatic heterocycles. The summed E-state index contributed by atoms with van der Waals surface area (Å²) in [4.78, 5) is 37.3. The summed E-state index contributed by atoms with van der Waals surface area (Å²) in [6.45, 7) is 4.00. The molecule has 0 N–H and O–H groups in total. The fourth-order valence-electron chi connectivity index (χ4n) is 4.75. The van der Waals surface area contributed by atoms with Crippen molar-refractivity contribution in [2.75, 3.05) is 47.5 Å². The summed E-state index contributed by atoms with van der Waals surface area (Å²) in [5.41, 5.74) is 0. The van der Waals surface area contributed by atoms with Crippen molar-refractivity contribution in [3.8, 4) is 0 Å². The highest BCUT2D eigenvalue weighted by Gasteiger charge is 2.21. The van der Waals surface area contributed by atoms with Crippen LogP contribution in [0.3, 0.4) is 0 Å². The third kappa shape index (κ3) is 37.3. The van der Waals surface area contributed by atoms with Gasteiger partial charge >= 0.3 is 11.9 Å². The second kappa shape index (κ2) is 33.5. The van der Waals surface area contributed by atoms with Crippen LogP contribution in [0.1, 0.15) is 136 Å². The van der Waals surface area contributed by atoms with Gasteiger partial charge in [0.05, 0.1) is 27.7 Å². The number of esters is 2. The molecule has 9 nitrogen and oxygen atoms in total. The van der Waals surface area contributed by atoms with E-state index in [1.807, 2.05) is 27.2 Å². The smallest absolute Gasteiger partial charge is 0.306 e. The lowest BCUT2D eigenvalue weighted by molar-refractivity contribution is -0.870. The van der Waals surface area contributed by atoms with Crippen LogP contribution in [-0.4, -0.2) is 70.0 Å². The molecule has 2 atom stereocenters. The van der Waals surface area contributed by atoms with E-state index in [0.29, 0.717) is 23.9 Å². The molecule has 0 aromatic rings. The number of ether oxygens (including phenoxy) is 2. The van der Waals surface area contributed by atoms with Crippen LogP contribution in [0.15, 0.2) is 60.8 Å². The lowest BCUT2D eigenvalue weighted by Crippen LogP contribution is -2.37. The van der Waals surface area contributed by atoms with E-state index in [4.69, 9.17) is 18.5 Å². The second-order valence-corrected chi connectivity index (χ2v) is 15.3. The van der Waals surface area contributed by atoms with Gasteiger partial charge < -0.3 is 27.9 Å². The fraction of sp³-hybridized carbons (Fsp3) is 0.707. The number of carbonyl (C=O) groups is 2. The number of quaternary nitrogens is 1. The molecule has 294 valence electrons. The summed E-state index contributed by atoms with van der Waals surface area (Å²) >= 11 is 0. The molecule has 0 heterocycles. The molecule has 0 saturated carbocycles. The molecular weight excluding hydrogens is 665 g/mol. The first-order valence-electron chi connectivity index (χ1n) is 19.5. The molecule has 0 aliphatic rings. The van der Waals surface area contributed by atoms with Gasteiger partial charge in [0.25, 0.3) is 7.82 Å². The monoisotopic (exact) mass is 737 g/mol. The summed E-state index contributed by atoms with van der Waals surface area (Å²) in [5, 5.41) is 0. The van der Waals surface area contributed by atoms with Crippen LogP contribution in [0, 0.1) is 0 Å². The SMILES string of the molecule is CC/C=C/C/C=C/C/C=C/C/C=C/C/C=C/CCCC(=O)OC[C@@H](COP(=O)([O-])OCC[N+](C)(C)C)OC(=O)CCCCCCCCCCCC. The number of phosphoric ester groups is 1. The van der Waals surface area contributed by atoms with Crippen molar-refractivity contribution in [2.24, 2.45) is 0 Å². The Balaban J connectivity index is 4.51. The molecular formula is C41H72NO8P. The van der Waals surface area contributed by atoms with Crippen LogP contribution < -0.4 is 4.89 Å². The van der Waals surface area contributed by atoms with Crippen molar-refractivity contribution in [1.29, 1.82) is 0 Å². The first-order chi connectivity index (χ1) is 24.5. The number of likely N-dealkylation sites (N-methyl/N-ethyl adjacent to an activating group) is 1. The average molecular weight is 738 g/mol. The summed E-state index contributed by atoms with van der Waals surface area (Å²) in [7, 11) is 1.13. The Morgan fingerprint density at radius 1 is 0.627 bits per heavy atom. The molecule has 1 unspecified atom stereocenters. The largest absolute Gasteiger partial charge is 0.756 e. The van der Waals surface area contributed by atoms with Crippen molar-refractivity contribution in [2.45, 2.75) is 142 Å². The van der Waals surface area contributed by atoms with Gasteiger partial charge in [0.2, 0.25) is 0 Å². The third-order valence-corrected chi connectivity index (χ3v) is 8.77. The number of hydrogen-bond acceptors (Lipinski definition) is 8. The first-order valence-corrected chi connectivity index (χ1v) is 21.0. The van der Waals surface area contributed by atoms with Gasteiger partial charge in [-0.15, -0.1) is 0 Å². The number of hydrogen-bond donors (Lipinski definition) is 0. The van der Waals surface area contributed by atoms with Gasteiger partial charge in [-0.3, -0.25) is 14.2 Å². The van der Waals surface area contributed by atoms with E-state index in [0.717, 1.165) is 57.8 Å². The van der Waals surface area contributed by atoms with Crippen LogP contribution >= 0.6 is 7.82 Å². The maximum atomic E-state index is 12.6. The van der Waals surface area contributed by atoms with Crippen molar-refractivity contribution >= 4 is 19.8 Å². The predicted molar refractivity (Wildman–Crippen MR) is 208 cm³/mol. The minimum Gasteiger partial charge on any atom is -0.756 e. The zero-order valence-corrected chi connectivity index (χ0v) is 33.7. The molecule has 10 heteroatoms. The molecule has 0 rings (SSSR count). The van der Waals surface area contributed by atoms with E-state index in [2.05, 4.69) is 68.5 Å². The zero-order chi connectivity index (χ0) is 37.9. The lowest BCUT2D eigenvalue weighted by Gasteiger charge is -2.28. The summed E-state index contributed by atoms with van der Waals surface area (Å²) in [6, 6.07) is 0. The van der Waals surface area contributed by atoms with Gasteiger partial charge in [0.1, 0.15) is 19.8 Å². The third-order valence-electron chi connectivity index (χ3n) is 7.80. The van der Waals surface area contributed by atoms with Crippen LogP contribution in [0.5, 0.6) is 0 Å². The molecule has 0 bridgehead atoms. The molecule has 0 aromatic heterocycles. The average Bonchev–Trinajstić information content (AvgIpc) is 3.07. The minimum absolute atomic E-state index is 0.0413. The summed E-state index contributed by atoms with van der Waals surface area (Å²) in [5.74, 6) is -0.910. The van der Waals surface area contributed by atoms with Crippen molar-refractivity contribution < 1.29 is 42.1 Å². The molecule has 0 saturated heterocycles. The van der Waals surface area contributed by atoms with Gasteiger partial charge in [0, 0.05) is 12.8 Å². The van der Waals surface area contributed by atoms with Gasteiger partial charge in [-0.2, -0.15) is 0 Å². The lowest BCUT2D eigenvalue weighted by atomic mass is 10.1. The summed E-state index contributed by atoms with van der Waals surface area (Å²) in [6.07, 6.45) is 38.3.